The van der Waals surface area contributed by atoms with Gasteiger partial charge in [0.2, 0.25) is 0 Å². The summed E-state index contributed by atoms with van der Waals surface area (Å²) in [6.07, 6.45) is 4.00. The second kappa shape index (κ2) is 13.9. The van der Waals surface area contributed by atoms with Gasteiger partial charge in [-0.3, -0.25) is 0 Å². The van der Waals surface area contributed by atoms with Crippen molar-refractivity contribution in [2.24, 2.45) is 0 Å². The summed E-state index contributed by atoms with van der Waals surface area (Å²) in [4.78, 5) is 0. The Balaban J connectivity index is 0. The molecule has 0 saturated carbocycles. The first-order chi connectivity index (χ1) is 7.74. The molecule has 0 atom stereocenters. The van der Waals surface area contributed by atoms with E-state index in [1.54, 1.807) is 7.11 Å². The molecule has 0 radical (unpaired) electrons. The van der Waals surface area contributed by atoms with Gasteiger partial charge in [-0.05, 0) is 26.3 Å². The van der Waals surface area contributed by atoms with Crippen LogP contribution in [0.4, 0.5) is 0 Å². The normalized spacial score (nSPS) is 8.88. The van der Waals surface area contributed by atoms with Crippen LogP contribution in [-0.2, 0) is 11.3 Å². The Labute approximate surface area is 101 Å². The summed E-state index contributed by atoms with van der Waals surface area (Å²) in [6.45, 7) is 10.8. The molecule has 0 heterocycles. The number of allylic oxidation sites excluding steroid dienone is 2. The predicted octanol–water partition coefficient (Wildman–Crippen LogP) is 4.75. The van der Waals surface area contributed by atoms with Crippen molar-refractivity contribution in [1.29, 1.82) is 0 Å². The molecular weight excluding hydrogens is 196 g/mol. The smallest absolute Gasteiger partial charge is 0.0713 e. The zero-order chi connectivity index (χ0) is 12.8. The number of aryl methyl sites for hydroxylation is 1. The van der Waals surface area contributed by atoms with Crippen molar-refractivity contribution in [3.63, 3.8) is 0 Å². The van der Waals surface area contributed by atoms with E-state index in [9.17, 15) is 0 Å². The van der Waals surface area contributed by atoms with Crippen LogP contribution in [-0.4, -0.2) is 7.11 Å². The fourth-order valence-electron chi connectivity index (χ4n) is 0.969. The second-order valence-corrected chi connectivity index (χ2v) is 3.09. The van der Waals surface area contributed by atoms with Crippen molar-refractivity contribution in [3.8, 4) is 0 Å². The van der Waals surface area contributed by atoms with Gasteiger partial charge >= 0.3 is 0 Å². The predicted molar refractivity (Wildman–Crippen MR) is 73.7 cm³/mol. The maximum absolute atomic E-state index is 4.98. The zero-order valence-electron chi connectivity index (χ0n) is 11.6. The van der Waals surface area contributed by atoms with Crippen LogP contribution >= 0.6 is 0 Å². The molecule has 0 aliphatic heterocycles. The monoisotopic (exact) mass is 222 g/mol. The van der Waals surface area contributed by atoms with Crippen LogP contribution in [0.3, 0.4) is 0 Å². The Morgan fingerprint density at radius 2 is 1.69 bits per heavy atom. The Bertz CT molecular complexity index is 260. The molecule has 1 rings (SSSR count). The fraction of sp³-hybridized carbons (Fsp3) is 0.467. The molecule has 0 fully saturated rings. The molecule has 92 valence electrons. The van der Waals surface area contributed by atoms with Crippen molar-refractivity contribution in [3.05, 3.63) is 47.5 Å². The summed E-state index contributed by atoms with van der Waals surface area (Å²) in [5, 5.41) is 0. The summed E-state index contributed by atoms with van der Waals surface area (Å²) in [6, 6.07) is 8.32. The molecule has 0 amide bonds. The molecule has 0 saturated heterocycles. The molecule has 1 aromatic rings. The summed E-state index contributed by atoms with van der Waals surface area (Å²) >= 11 is 0. The van der Waals surface area contributed by atoms with Gasteiger partial charge in [0, 0.05) is 7.11 Å². The van der Waals surface area contributed by atoms with Gasteiger partial charge in [-0.25, -0.2) is 0 Å². The summed E-state index contributed by atoms with van der Waals surface area (Å²) in [5.41, 5.74) is 2.53. The van der Waals surface area contributed by atoms with E-state index in [4.69, 9.17) is 4.74 Å². The number of ether oxygens (including phenoxy) is 1. The van der Waals surface area contributed by atoms with E-state index in [2.05, 4.69) is 25.1 Å². The Morgan fingerprint density at radius 1 is 1.12 bits per heavy atom. The first-order valence-electron chi connectivity index (χ1n) is 5.86. The lowest BCUT2D eigenvalue weighted by molar-refractivity contribution is 0.185. The molecule has 1 nitrogen and oxygen atoms in total. The fourth-order valence-corrected chi connectivity index (χ4v) is 0.969. The average Bonchev–Trinajstić information content (AvgIpc) is 2.33. The van der Waals surface area contributed by atoms with Gasteiger partial charge in [0.25, 0.3) is 0 Å². The summed E-state index contributed by atoms with van der Waals surface area (Å²) in [5.74, 6) is 0. The quantitative estimate of drug-likeness (QED) is 0.656. The minimum atomic E-state index is 0.710. The highest BCUT2D eigenvalue weighted by Gasteiger charge is 1.89. The number of hydrogen-bond donors (Lipinski definition) is 0. The highest BCUT2D eigenvalue weighted by atomic mass is 16.5. The molecule has 1 aromatic carbocycles. The Morgan fingerprint density at radius 3 is 2.06 bits per heavy atom. The van der Waals surface area contributed by atoms with Crippen molar-refractivity contribution in [2.75, 3.05) is 7.11 Å². The first-order valence-corrected chi connectivity index (χ1v) is 5.86. The van der Waals surface area contributed by atoms with Gasteiger partial charge in [-0.2, -0.15) is 0 Å². The van der Waals surface area contributed by atoms with Crippen molar-refractivity contribution in [1.82, 2.24) is 0 Å². The van der Waals surface area contributed by atoms with Gasteiger partial charge in [-0.1, -0.05) is 55.8 Å². The minimum Gasteiger partial charge on any atom is -0.380 e. The Kier molecular flexibility index (Phi) is 15.1. The third kappa shape index (κ3) is 11.0. The van der Waals surface area contributed by atoms with Crippen LogP contribution in [0.2, 0.25) is 0 Å². The first kappa shape index (κ1) is 17.3. The van der Waals surface area contributed by atoms with E-state index in [0.29, 0.717) is 6.61 Å². The number of methoxy groups -OCH3 is 1. The molecule has 1 heteroatoms. The van der Waals surface area contributed by atoms with Gasteiger partial charge in [0.05, 0.1) is 6.61 Å². The van der Waals surface area contributed by atoms with Crippen LogP contribution in [0.25, 0.3) is 0 Å². The number of benzene rings is 1. The molecule has 0 N–H and O–H groups in total. The molecule has 0 spiro atoms. The van der Waals surface area contributed by atoms with Crippen molar-refractivity contribution >= 4 is 0 Å². The highest BCUT2D eigenvalue weighted by molar-refractivity contribution is 5.21. The maximum Gasteiger partial charge on any atom is 0.0713 e. The molecule has 0 aliphatic carbocycles. The van der Waals surface area contributed by atoms with Crippen LogP contribution in [0.5, 0.6) is 0 Å². The lowest BCUT2D eigenvalue weighted by Gasteiger charge is -1.98. The molecule has 0 unspecified atom stereocenters. The van der Waals surface area contributed by atoms with Gasteiger partial charge in [0.1, 0.15) is 0 Å². The third-order valence-corrected chi connectivity index (χ3v) is 1.73. The molecule has 0 bridgehead atoms. The van der Waals surface area contributed by atoms with Crippen LogP contribution in [0.1, 0.15) is 38.8 Å². The number of hydrogen-bond acceptors (Lipinski definition) is 1. The number of rotatable bonds is 2. The SMILES string of the molecule is C/C=C\C.CC.COCc1cccc(C)c1. The lowest BCUT2D eigenvalue weighted by Crippen LogP contribution is -1.86. The summed E-state index contributed by atoms with van der Waals surface area (Å²) < 4.78 is 4.98. The Hall–Kier alpha value is -1.08. The van der Waals surface area contributed by atoms with E-state index in [0.717, 1.165) is 0 Å². The van der Waals surface area contributed by atoms with E-state index >= 15 is 0 Å². The third-order valence-electron chi connectivity index (χ3n) is 1.73. The van der Waals surface area contributed by atoms with Crippen LogP contribution < -0.4 is 0 Å². The zero-order valence-corrected chi connectivity index (χ0v) is 11.6. The molecule has 0 aliphatic rings. The molecular formula is C15H26O. The van der Waals surface area contributed by atoms with Crippen LogP contribution in [0.15, 0.2) is 36.4 Å². The standard InChI is InChI=1S/C9H12O.C4H8.C2H6/c1-8-4-3-5-9(6-8)7-10-2;1-3-4-2;1-2/h3-6H,7H2,1-2H3;3-4H,1-2H3;1-2H3/b;4-3-;. The van der Waals surface area contributed by atoms with Crippen molar-refractivity contribution in [2.45, 2.75) is 41.2 Å². The summed E-state index contributed by atoms with van der Waals surface area (Å²) in [7, 11) is 1.71. The molecule has 0 aromatic heterocycles. The van der Waals surface area contributed by atoms with E-state index in [1.807, 2.05) is 45.9 Å². The second-order valence-electron chi connectivity index (χ2n) is 3.09. The van der Waals surface area contributed by atoms with E-state index < -0.39 is 0 Å². The van der Waals surface area contributed by atoms with E-state index in [-0.39, 0.29) is 0 Å². The van der Waals surface area contributed by atoms with Gasteiger partial charge in [0.15, 0.2) is 0 Å². The van der Waals surface area contributed by atoms with E-state index in [1.165, 1.54) is 11.1 Å². The maximum atomic E-state index is 4.98. The van der Waals surface area contributed by atoms with Crippen molar-refractivity contribution < 1.29 is 4.74 Å². The average molecular weight is 222 g/mol. The van der Waals surface area contributed by atoms with Crippen LogP contribution in [0, 0.1) is 6.92 Å². The highest BCUT2D eigenvalue weighted by Crippen LogP contribution is 2.03. The molecule has 16 heavy (non-hydrogen) atoms. The lowest BCUT2D eigenvalue weighted by atomic mass is 10.1. The largest absolute Gasteiger partial charge is 0.380 e. The van der Waals surface area contributed by atoms with Gasteiger partial charge in [-0.15, -0.1) is 0 Å². The van der Waals surface area contributed by atoms with Gasteiger partial charge < -0.3 is 4.74 Å². The minimum absolute atomic E-state index is 0.710. The topological polar surface area (TPSA) is 9.23 Å².